The molecule has 1 fully saturated rings. The molecule has 8 atom stereocenters. The molecular formula is C26H33F2NO9. The molecule has 2 aromatic carbocycles. The molecule has 1 aliphatic rings. The van der Waals surface area contributed by atoms with Gasteiger partial charge in [0.1, 0.15) is 54.5 Å². The minimum atomic E-state index is -1.73. The molecule has 2 aromatic rings. The monoisotopic (exact) mass is 541 g/mol. The minimum absolute atomic E-state index is 0.0976. The molecule has 0 radical (unpaired) electrons. The van der Waals surface area contributed by atoms with Crippen LogP contribution in [0.4, 0.5) is 8.78 Å². The van der Waals surface area contributed by atoms with E-state index in [1.807, 2.05) is 0 Å². The van der Waals surface area contributed by atoms with Crippen LogP contribution >= 0.6 is 0 Å². The van der Waals surface area contributed by atoms with Crippen molar-refractivity contribution in [1.29, 1.82) is 0 Å². The molecular weight excluding hydrogens is 508 g/mol. The van der Waals surface area contributed by atoms with Crippen molar-refractivity contribution in [3.05, 3.63) is 59.9 Å². The standard InChI is InChI=1S/C26H33F2NO9/c1-2-19(30)22(32)18(13-36-26-25(35)24(34)23(33)20(12-27)38-26)29-21(31)11-14-3-7-16(8-4-14)37-17-9-5-15(28)6-10-17/h3-10,18-20,22-26,30,32-35H,2,11-13H2,1H3,(H,29,31)/t18-,19+,20?,22-,23+,24-,25?,26-/m0/s1. The normalized spacial score (nSPS) is 25.8. The highest BCUT2D eigenvalue weighted by molar-refractivity contribution is 5.79. The summed E-state index contributed by atoms with van der Waals surface area (Å²) >= 11 is 0. The van der Waals surface area contributed by atoms with E-state index < -0.39 is 68.1 Å². The molecule has 10 nitrogen and oxygen atoms in total. The van der Waals surface area contributed by atoms with E-state index in [-0.39, 0.29) is 18.7 Å². The number of aliphatic hydroxyl groups excluding tert-OH is 5. The van der Waals surface area contributed by atoms with Gasteiger partial charge in [0, 0.05) is 0 Å². The number of hydrogen-bond donors (Lipinski definition) is 6. The highest BCUT2D eigenvalue weighted by Gasteiger charge is 2.44. The van der Waals surface area contributed by atoms with E-state index in [1.54, 1.807) is 31.2 Å². The zero-order valence-electron chi connectivity index (χ0n) is 20.7. The van der Waals surface area contributed by atoms with Gasteiger partial charge in [-0.15, -0.1) is 0 Å². The second-order valence-corrected chi connectivity index (χ2v) is 9.02. The molecule has 0 aromatic heterocycles. The van der Waals surface area contributed by atoms with Gasteiger partial charge in [-0.1, -0.05) is 19.1 Å². The first-order valence-electron chi connectivity index (χ1n) is 12.2. The average Bonchev–Trinajstić information content (AvgIpc) is 2.92. The fourth-order valence-corrected chi connectivity index (χ4v) is 3.87. The second kappa shape index (κ2) is 13.9. The van der Waals surface area contributed by atoms with Crippen LogP contribution in [0, 0.1) is 5.82 Å². The van der Waals surface area contributed by atoms with Gasteiger partial charge >= 0.3 is 0 Å². The number of aliphatic hydroxyl groups is 5. The van der Waals surface area contributed by atoms with Crippen LogP contribution in [0.25, 0.3) is 0 Å². The Bertz CT molecular complexity index is 1010. The number of alkyl halides is 1. The van der Waals surface area contributed by atoms with E-state index in [1.165, 1.54) is 24.3 Å². The molecule has 3 rings (SSSR count). The smallest absolute Gasteiger partial charge is 0.224 e. The number of carbonyl (C=O) groups is 1. The van der Waals surface area contributed by atoms with Crippen LogP contribution < -0.4 is 10.1 Å². The molecule has 2 unspecified atom stereocenters. The molecule has 0 spiro atoms. The molecule has 0 aliphatic carbocycles. The van der Waals surface area contributed by atoms with Crippen molar-refractivity contribution >= 4 is 5.91 Å². The van der Waals surface area contributed by atoms with Crippen molar-refractivity contribution in [2.45, 2.75) is 68.7 Å². The summed E-state index contributed by atoms with van der Waals surface area (Å²) in [7, 11) is 0. The van der Waals surface area contributed by atoms with Gasteiger partial charge in [-0.2, -0.15) is 0 Å². The second-order valence-electron chi connectivity index (χ2n) is 9.02. The third kappa shape index (κ3) is 7.90. The summed E-state index contributed by atoms with van der Waals surface area (Å²) in [4.78, 5) is 12.7. The van der Waals surface area contributed by atoms with Crippen molar-refractivity contribution in [2.24, 2.45) is 0 Å². The molecule has 1 aliphatic heterocycles. The lowest BCUT2D eigenvalue weighted by Crippen LogP contribution is -2.60. The third-order valence-electron chi connectivity index (χ3n) is 6.17. The number of halogens is 2. The molecule has 6 N–H and O–H groups in total. The first-order chi connectivity index (χ1) is 18.1. The van der Waals surface area contributed by atoms with Crippen LogP contribution in [0.1, 0.15) is 18.9 Å². The zero-order valence-corrected chi connectivity index (χ0v) is 20.7. The maximum absolute atomic E-state index is 13.1. The number of nitrogens with one attached hydrogen (secondary N) is 1. The largest absolute Gasteiger partial charge is 0.457 e. The summed E-state index contributed by atoms with van der Waals surface area (Å²) < 4.78 is 42.4. The summed E-state index contributed by atoms with van der Waals surface area (Å²) in [5, 5.41) is 53.1. The van der Waals surface area contributed by atoms with E-state index in [2.05, 4.69) is 5.32 Å². The van der Waals surface area contributed by atoms with Gasteiger partial charge < -0.3 is 45.1 Å². The summed E-state index contributed by atoms with van der Waals surface area (Å²) in [5.41, 5.74) is 0.605. The number of carbonyl (C=O) groups excluding carboxylic acids is 1. The van der Waals surface area contributed by atoms with Crippen LogP contribution in [-0.2, 0) is 20.7 Å². The number of amides is 1. The third-order valence-corrected chi connectivity index (χ3v) is 6.17. The Hall–Kier alpha value is -2.71. The lowest BCUT2D eigenvalue weighted by molar-refractivity contribution is -0.300. The van der Waals surface area contributed by atoms with Crippen LogP contribution in [-0.4, -0.2) is 93.7 Å². The fourth-order valence-electron chi connectivity index (χ4n) is 3.87. The van der Waals surface area contributed by atoms with Crippen molar-refractivity contribution < 1.29 is 53.3 Å². The van der Waals surface area contributed by atoms with E-state index in [0.29, 0.717) is 17.1 Å². The van der Waals surface area contributed by atoms with Crippen molar-refractivity contribution in [3.63, 3.8) is 0 Å². The molecule has 0 saturated carbocycles. The number of hydrogen-bond acceptors (Lipinski definition) is 9. The number of benzene rings is 2. The Morgan fingerprint density at radius 2 is 1.61 bits per heavy atom. The summed E-state index contributed by atoms with van der Waals surface area (Å²) in [6, 6.07) is 10.9. The van der Waals surface area contributed by atoms with Crippen LogP contribution in [0.3, 0.4) is 0 Å². The van der Waals surface area contributed by atoms with Gasteiger partial charge in [0.05, 0.1) is 25.2 Å². The molecule has 0 bridgehead atoms. The topological polar surface area (TPSA) is 158 Å². The SMILES string of the molecule is CC[C@@H](O)[C@@H](O)[C@H](CO[C@H]1OC(CF)[C@@H](O)[C@H](O)C1O)NC(=O)Cc1ccc(Oc2ccc(F)cc2)cc1. The maximum Gasteiger partial charge on any atom is 0.224 e. The Labute approximate surface area is 218 Å². The van der Waals surface area contributed by atoms with Gasteiger partial charge in [0.15, 0.2) is 6.29 Å². The molecule has 12 heteroatoms. The molecule has 38 heavy (non-hydrogen) atoms. The van der Waals surface area contributed by atoms with Gasteiger partial charge in [-0.25, -0.2) is 8.78 Å². The lowest BCUT2D eigenvalue weighted by Gasteiger charge is -2.40. The van der Waals surface area contributed by atoms with Crippen molar-refractivity contribution in [2.75, 3.05) is 13.3 Å². The number of ether oxygens (including phenoxy) is 3. The first kappa shape index (κ1) is 29.8. The van der Waals surface area contributed by atoms with Crippen molar-refractivity contribution in [1.82, 2.24) is 5.32 Å². The Kier molecular flexibility index (Phi) is 10.9. The van der Waals surface area contributed by atoms with E-state index in [9.17, 15) is 39.1 Å². The van der Waals surface area contributed by atoms with Gasteiger partial charge in [0.25, 0.3) is 0 Å². The Balaban J connectivity index is 1.60. The van der Waals surface area contributed by atoms with Crippen molar-refractivity contribution in [3.8, 4) is 11.5 Å². The Morgan fingerprint density at radius 1 is 1.00 bits per heavy atom. The van der Waals surface area contributed by atoms with Gasteiger partial charge in [-0.05, 0) is 48.4 Å². The predicted molar refractivity (Wildman–Crippen MR) is 129 cm³/mol. The van der Waals surface area contributed by atoms with E-state index >= 15 is 0 Å². The number of rotatable bonds is 12. The highest BCUT2D eigenvalue weighted by Crippen LogP contribution is 2.24. The molecule has 1 heterocycles. The molecule has 210 valence electrons. The van der Waals surface area contributed by atoms with Gasteiger partial charge in [-0.3, -0.25) is 4.79 Å². The summed E-state index contributed by atoms with van der Waals surface area (Å²) in [6.45, 7) is 0.0224. The maximum atomic E-state index is 13.1. The van der Waals surface area contributed by atoms with Crippen LogP contribution in [0.15, 0.2) is 48.5 Å². The van der Waals surface area contributed by atoms with Crippen LogP contribution in [0.5, 0.6) is 11.5 Å². The van der Waals surface area contributed by atoms with Crippen LogP contribution in [0.2, 0.25) is 0 Å². The first-order valence-corrected chi connectivity index (χ1v) is 12.2. The average molecular weight is 542 g/mol. The Morgan fingerprint density at radius 3 is 2.18 bits per heavy atom. The lowest BCUT2D eigenvalue weighted by atomic mass is 9.99. The highest BCUT2D eigenvalue weighted by atomic mass is 19.1. The summed E-state index contributed by atoms with van der Waals surface area (Å²) in [5.74, 6) is 0.00531. The minimum Gasteiger partial charge on any atom is -0.457 e. The quantitative estimate of drug-likeness (QED) is 0.226. The molecule has 1 amide bonds. The fraction of sp³-hybridized carbons (Fsp3) is 0.500. The van der Waals surface area contributed by atoms with E-state index in [4.69, 9.17) is 14.2 Å². The predicted octanol–water partition coefficient (Wildman–Crippen LogP) is 0.571. The molecule has 1 saturated heterocycles. The zero-order chi connectivity index (χ0) is 27.8. The summed E-state index contributed by atoms with van der Waals surface area (Å²) in [6.07, 6.45) is -10.7. The van der Waals surface area contributed by atoms with E-state index in [0.717, 1.165) is 0 Å². The van der Waals surface area contributed by atoms with Gasteiger partial charge in [0.2, 0.25) is 5.91 Å².